The van der Waals surface area contributed by atoms with Crippen molar-refractivity contribution in [1.82, 2.24) is 5.32 Å². The average molecular weight is 404 g/mol. The molecule has 0 radical (unpaired) electrons. The van der Waals surface area contributed by atoms with Gasteiger partial charge in [-0.05, 0) is 48.5 Å². The first-order chi connectivity index (χ1) is 11.8. The first-order valence-electron chi connectivity index (χ1n) is 7.25. The van der Waals surface area contributed by atoms with Crippen molar-refractivity contribution >= 4 is 46.4 Å². The molecule has 0 heterocycles. The minimum atomic E-state index is -1.76. The van der Waals surface area contributed by atoms with Gasteiger partial charge in [0.1, 0.15) is 17.7 Å². The Labute approximate surface area is 161 Å². The van der Waals surface area contributed by atoms with E-state index in [9.17, 15) is 4.79 Å². The minimum Gasteiger partial charge on any atom is -0.497 e. The van der Waals surface area contributed by atoms with Gasteiger partial charge >= 0.3 is 0 Å². The number of alkyl halides is 3. The number of nitrogens with one attached hydrogen (secondary N) is 2. The highest BCUT2D eigenvalue weighted by Gasteiger charge is 2.34. The highest BCUT2D eigenvalue weighted by atomic mass is 35.6. The van der Waals surface area contributed by atoms with Crippen molar-refractivity contribution in [2.75, 3.05) is 19.5 Å². The summed E-state index contributed by atoms with van der Waals surface area (Å²) < 4.78 is 8.40. The summed E-state index contributed by atoms with van der Waals surface area (Å²) in [6.07, 6.45) is -0.944. The van der Waals surface area contributed by atoms with Crippen molar-refractivity contribution in [2.24, 2.45) is 0 Å². The molecule has 2 rings (SSSR count). The molecule has 0 fully saturated rings. The zero-order chi connectivity index (χ0) is 18.4. The predicted octanol–water partition coefficient (Wildman–Crippen LogP) is 4.24. The fourth-order valence-corrected chi connectivity index (χ4v) is 2.34. The lowest BCUT2D eigenvalue weighted by Crippen LogP contribution is -2.49. The van der Waals surface area contributed by atoms with E-state index in [2.05, 4.69) is 10.6 Å². The van der Waals surface area contributed by atoms with Crippen molar-refractivity contribution in [3.8, 4) is 11.5 Å². The summed E-state index contributed by atoms with van der Waals surface area (Å²) in [5, 5.41) is 5.66. The largest absolute Gasteiger partial charge is 0.497 e. The topological polar surface area (TPSA) is 59.6 Å². The molecule has 5 nitrogen and oxygen atoms in total. The first-order valence-corrected chi connectivity index (χ1v) is 8.39. The molecule has 25 heavy (non-hydrogen) atoms. The van der Waals surface area contributed by atoms with Crippen LogP contribution >= 0.6 is 34.8 Å². The van der Waals surface area contributed by atoms with E-state index >= 15 is 0 Å². The van der Waals surface area contributed by atoms with Crippen LogP contribution in [0.1, 0.15) is 10.4 Å². The zero-order valence-electron chi connectivity index (χ0n) is 13.6. The lowest BCUT2D eigenvalue weighted by Gasteiger charge is -2.27. The van der Waals surface area contributed by atoms with Crippen molar-refractivity contribution in [3.05, 3.63) is 54.1 Å². The van der Waals surface area contributed by atoms with Crippen molar-refractivity contribution in [2.45, 2.75) is 9.96 Å². The molecule has 8 heteroatoms. The molecule has 0 unspecified atom stereocenters. The zero-order valence-corrected chi connectivity index (χ0v) is 15.8. The van der Waals surface area contributed by atoms with Crippen LogP contribution in [-0.2, 0) is 0 Å². The number of hydrogen-bond donors (Lipinski definition) is 2. The predicted molar refractivity (Wildman–Crippen MR) is 101 cm³/mol. The van der Waals surface area contributed by atoms with E-state index in [0.29, 0.717) is 22.7 Å². The van der Waals surface area contributed by atoms with E-state index in [1.807, 2.05) is 0 Å². The summed E-state index contributed by atoms with van der Waals surface area (Å²) in [6.45, 7) is 0. The molecule has 0 aliphatic carbocycles. The van der Waals surface area contributed by atoms with Crippen LogP contribution in [0.25, 0.3) is 0 Å². The van der Waals surface area contributed by atoms with Crippen molar-refractivity contribution < 1.29 is 14.3 Å². The van der Waals surface area contributed by atoms with Gasteiger partial charge in [-0.2, -0.15) is 0 Å². The number of rotatable bonds is 6. The van der Waals surface area contributed by atoms with Crippen LogP contribution in [0.4, 0.5) is 5.69 Å². The number of carbonyl (C=O) groups excluding carboxylic acids is 1. The minimum absolute atomic E-state index is 0.389. The molecule has 0 saturated heterocycles. The number of ether oxygens (including phenoxy) is 2. The molecular weight excluding hydrogens is 387 g/mol. The molecule has 0 aromatic heterocycles. The van der Waals surface area contributed by atoms with Crippen molar-refractivity contribution in [1.29, 1.82) is 0 Å². The number of anilines is 1. The molecule has 0 aliphatic rings. The highest BCUT2D eigenvalue weighted by Crippen LogP contribution is 2.31. The molecule has 0 spiro atoms. The second-order valence-corrected chi connectivity index (χ2v) is 7.42. The number of methoxy groups -OCH3 is 2. The molecule has 2 N–H and O–H groups in total. The monoisotopic (exact) mass is 402 g/mol. The van der Waals surface area contributed by atoms with Gasteiger partial charge in [-0.1, -0.05) is 34.8 Å². The lowest BCUT2D eigenvalue weighted by atomic mass is 10.2. The quantitative estimate of drug-likeness (QED) is 0.559. The van der Waals surface area contributed by atoms with Gasteiger partial charge in [0.2, 0.25) is 3.79 Å². The van der Waals surface area contributed by atoms with Crippen LogP contribution in [0.3, 0.4) is 0 Å². The van der Waals surface area contributed by atoms with Gasteiger partial charge in [0.05, 0.1) is 14.2 Å². The summed E-state index contributed by atoms with van der Waals surface area (Å²) in [6, 6.07) is 13.6. The third-order valence-electron chi connectivity index (χ3n) is 3.36. The van der Waals surface area contributed by atoms with Gasteiger partial charge in [0.15, 0.2) is 0 Å². The Morgan fingerprint density at radius 2 is 1.40 bits per heavy atom. The number of benzene rings is 2. The lowest BCUT2D eigenvalue weighted by molar-refractivity contribution is 0.0942. The van der Waals surface area contributed by atoms with Gasteiger partial charge < -0.3 is 20.1 Å². The van der Waals surface area contributed by atoms with Crippen LogP contribution in [0, 0.1) is 0 Å². The second kappa shape index (κ2) is 8.52. The Kier molecular flexibility index (Phi) is 6.64. The maximum absolute atomic E-state index is 12.4. The molecule has 2 aromatic carbocycles. The van der Waals surface area contributed by atoms with E-state index in [-0.39, 0.29) is 5.91 Å². The summed E-state index contributed by atoms with van der Waals surface area (Å²) in [5.41, 5.74) is 1.07. The van der Waals surface area contributed by atoms with Gasteiger partial charge in [0, 0.05) is 11.3 Å². The number of carbonyl (C=O) groups is 1. The summed E-state index contributed by atoms with van der Waals surface area (Å²) in [5.74, 6) is 0.948. The molecule has 134 valence electrons. The average Bonchev–Trinajstić information content (AvgIpc) is 2.61. The maximum atomic E-state index is 12.4. The van der Waals surface area contributed by atoms with E-state index in [0.717, 1.165) is 0 Å². The smallest absolute Gasteiger partial charge is 0.252 e. The fraction of sp³-hybridized carbons (Fsp3) is 0.235. The SMILES string of the molecule is COc1ccc(N[C@@H](NC(=O)c2ccc(OC)cc2)C(Cl)(Cl)Cl)cc1. The summed E-state index contributed by atoms with van der Waals surface area (Å²) in [4.78, 5) is 12.4. The summed E-state index contributed by atoms with van der Waals surface area (Å²) in [7, 11) is 3.12. The van der Waals surface area contributed by atoms with E-state index in [4.69, 9.17) is 44.3 Å². The Morgan fingerprint density at radius 3 is 1.84 bits per heavy atom. The molecular formula is C17H17Cl3N2O3. The third kappa shape index (κ3) is 5.59. The van der Waals surface area contributed by atoms with Gasteiger partial charge in [-0.15, -0.1) is 0 Å². The van der Waals surface area contributed by atoms with E-state index < -0.39 is 9.96 Å². The van der Waals surface area contributed by atoms with Crippen molar-refractivity contribution in [3.63, 3.8) is 0 Å². The van der Waals surface area contributed by atoms with Crippen LogP contribution < -0.4 is 20.1 Å². The van der Waals surface area contributed by atoms with Gasteiger partial charge in [-0.25, -0.2) is 0 Å². The number of amides is 1. The van der Waals surface area contributed by atoms with Crippen LogP contribution in [0.15, 0.2) is 48.5 Å². The Hall–Kier alpha value is -1.82. The maximum Gasteiger partial charge on any atom is 0.252 e. The van der Waals surface area contributed by atoms with Gasteiger partial charge in [-0.3, -0.25) is 4.79 Å². The Bertz CT molecular complexity index is 701. The van der Waals surface area contributed by atoms with E-state index in [1.54, 1.807) is 62.8 Å². The number of halogens is 3. The second-order valence-electron chi connectivity index (χ2n) is 5.05. The van der Waals surface area contributed by atoms with Crippen LogP contribution in [-0.4, -0.2) is 30.1 Å². The summed E-state index contributed by atoms with van der Waals surface area (Å²) >= 11 is 18.0. The van der Waals surface area contributed by atoms with E-state index in [1.165, 1.54) is 0 Å². The van der Waals surface area contributed by atoms with Crippen LogP contribution in [0.5, 0.6) is 11.5 Å². The molecule has 2 aromatic rings. The molecule has 1 amide bonds. The molecule has 1 atom stereocenters. The molecule has 0 aliphatic heterocycles. The molecule has 0 bridgehead atoms. The standard InChI is InChI=1S/C17H17Cl3N2O3/c1-24-13-7-3-11(4-8-13)15(23)22-16(17(18,19)20)21-12-5-9-14(25-2)10-6-12/h3-10,16,21H,1-2H3,(H,22,23)/t16-/m0/s1. The van der Waals surface area contributed by atoms with Gasteiger partial charge in [0.25, 0.3) is 5.91 Å². The first kappa shape index (κ1) is 19.5. The normalized spacial score (nSPS) is 12.2. The molecule has 0 saturated carbocycles. The number of hydrogen-bond acceptors (Lipinski definition) is 4. The van der Waals surface area contributed by atoms with Crippen LogP contribution in [0.2, 0.25) is 0 Å². The Balaban J connectivity index is 2.12. The fourth-order valence-electron chi connectivity index (χ4n) is 2.01. The third-order valence-corrected chi connectivity index (χ3v) is 4.01. The highest BCUT2D eigenvalue weighted by molar-refractivity contribution is 6.68. The Morgan fingerprint density at radius 1 is 0.920 bits per heavy atom.